The summed E-state index contributed by atoms with van der Waals surface area (Å²) in [6.07, 6.45) is 3.58. The Balaban J connectivity index is 1.43. The molecule has 3 aromatic rings. The molecule has 3 aromatic carbocycles. The first kappa shape index (κ1) is 21.9. The predicted molar refractivity (Wildman–Crippen MR) is 127 cm³/mol. The van der Waals surface area contributed by atoms with Crippen LogP contribution in [0.5, 0.6) is 11.5 Å². The second-order valence-corrected chi connectivity index (χ2v) is 8.00. The number of nitrogens with zero attached hydrogens (tertiary/aromatic N) is 1. The number of hydrogen-bond donors (Lipinski definition) is 1. The molecule has 1 aliphatic heterocycles. The van der Waals surface area contributed by atoms with Crippen molar-refractivity contribution in [2.45, 2.75) is 25.9 Å². The lowest BCUT2D eigenvalue weighted by molar-refractivity contribution is 0.102. The Hall–Kier alpha value is -3.31. The van der Waals surface area contributed by atoms with Crippen molar-refractivity contribution < 1.29 is 14.3 Å². The lowest BCUT2D eigenvalue weighted by atomic mass is 10.1. The van der Waals surface area contributed by atoms with E-state index in [1.807, 2.05) is 72.8 Å². The average Bonchev–Trinajstić information content (AvgIpc) is 3.35. The molecule has 1 N–H and O–H groups in total. The van der Waals surface area contributed by atoms with Gasteiger partial charge in [-0.15, -0.1) is 0 Å². The van der Waals surface area contributed by atoms with Gasteiger partial charge in [0.15, 0.2) is 0 Å². The zero-order chi connectivity index (χ0) is 22.0. The quantitative estimate of drug-likeness (QED) is 0.439. The monoisotopic (exact) mass is 430 g/mol. The van der Waals surface area contributed by atoms with Gasteiger partial charge in [-0.2, -0.15) is 0 Å². The Bertz CT molecular complexity index is 986. The molecule has 4 rings (SSSR count). The molecule has 1 fully saturated rings. The highest BCUT2D eigenvalue weighted by Crippen LogP contribution is 2.27. The summed E-state index contributed by atoms with van der Waals surface area (Å²) in [5.74, 6) is 1.02. The Labute approximate surface area is 190 Å². The van der Waals surface area contributed by atoms with Crippen LogP contribution in [-0.4, -0.2) is 37.0 Å². The molecule has 0 radical (unpaired) electrons. The highest BCUT2D eigenvalue weighted by atomic mass is 16.5. The molecule has 0 aromatic heterocycles. The molecule has 1 heterocycles. The third kappa shape index (κ3) is 6.34. The van der Waals surface area contributed by atoms with Gasteiger partial charge in [0.25, 0.3) is 5.91 Å². The number of rotatable bonds is 10. The third-order valence-corrected chi connectivity index (χ3v) is 5.55. The second-order valence-electron chi connectivity index (χ2n) is 8.00. The number of benzene rings is 3. The zero-order valence-electron chi connectivity index (χ0n) is 18.3. The Morgan fingerprint density at radius 2 is 1.59 bits per heavy atom. The molecule has 5 nitrogen and oxygen atoms in total. The molecule has 1 amide bonds. The molecule has 0 atom stereocenters. The first-order chi connectivity index (χ1) is 15.8. The maximum absolute atomic E-state index is 12.9. The van der Waals surface area contributed by atoms with Crippen molar-refractivity contribution in [2.75, 3.05) is 31.6 Å². The zero-order valence-corrected chi connectivity index (χ0v) is 18.3. The highest BCUT2D eigenvalue weighted by molar-refractivity contribution is 6.06. The fraction of sp³-hybridized carbons (Fsp3) is 0.296. The predicted octanol–water partition coefficient (Wildman–Crippen LogP) is 5.38. The van der Waals surface area contributed by atoms with Crippen LogP contribution in [0.1, 0.15) is 35.2 Å². The molecule has 166 valence electrons. The maximum atomic E-state index is 12.9. The van der Waals surface area contributed by atoms with Crippen LogP contribution in [0, 0.1) is 0 Å². The van der Waals surface area contributed by atoms with Gasteiger partial charge in [-0.05, 0) is 62.2 Å². The number of likely N-dealkylation sites (tertiary alicyclic amines) is 1. The third-order valence-electron chi connectivity index (χ3n) is 5.55. The standard InChI is InChI=1S/C27H30N2O3/c30-27(28-23-12-5-2-6-13-23)25-15-14-24(31-19-9-18-29-16-7-8-17-29)20-26(25)32-21-22-10-3-1-4-11-22/h1-6,10-15,20H,7-9,16-19,21H2,(H,28,30). The van der Waals surface area contributed by atoms with Gasteiger partial charge in [-0.3, -0.25) is 4.79 Å². The molecule has 5 heteroatoms. The first-order valence-corrected chi connectivity index (χ1v) is 11.3. The number of para-hydroxylation sites is 1. The summed E-state index contributed by atoms with van der Waals surface area (Å²) in [5.41, 5.74) is 2.27. The van der Waals surface area contributed by atoms with Gasteiger partial charge in [-0.1, -0.05) is 48.5 Å². The maximum Gasteiger partial charge on any atom is 0.259 e. The van der Waals surface area contributed by atoms with Gasteiger partial charge in [0.05, 0.1) is 12.2 Å². The van der Waals surface area contributed by atoms with Gasteiger partial charge in [0.2, 0.25) is 0 Å². The van der Waals surface area contributed by atoms with Gasteiger partial charge in [0, 0.05) is 18.3 Å². The SMILES string of the molecule is O=C(Nc1ccccc1)c1ccc(OCCCN2CCCC2)cc1OCc1ccccc1. The van der Waals surface area contributed by atoms with Gasteiger partial charge >= 0.3 is 0 Å². The fourth-order valence-corrected chi connectivity index (χ4v) is 3.84. The minimum atomic E-state index is -0.208. The molecule has 32 heavy (non-hydrogen) atoms. The van der Waals surface area contributed by atoms with E-state index in [4.69, 9.17) is 9.47 Å². The van der Waals surface area contributed by atoms with Crippen molar-refractivity contribution in [3.8, 4) is 11.5 Å². The second kappa shape index (κ2) is 11.3. The Morgan fingerprint density at radius 1 is 0.875 bits per heavy atom. The van der Waals surface area contributed by atoms with E-state index < -0.39 is 0 Å². The highest BCUT2D eigenvalue weighted by Gasteiger charge is 2.15. The number of carbonyl (C=O) groups excluding carboxylic acids is 1. The minimum absolute atomic E-state index is 0.208. The van der Waals surface area contributed by atoms with Crippen LogP contribution < -0.4 is 14.8 Å². The summed E-state index contributed by atoms with van der Waals surface area (Å²) in [6, 6.07) is 24.8. The van der Waals surface area contributed by atoms with E-state index in [0.29, 0.717) is 30.3 Å². The number of nitrogens with one attached hydrogen (secondary N) is 1. The largest absolute Gasteiger partial charge is 0.493 e. The van der Waals surface area contributed by atoms with E-state index in [2.05, 4.69) is 10.2 Å². The topological polar surface area (TPSA) is 50.8 Å². The molecular formula is C27H30N2O3. The van der Waals surface area contributed by atoms with E-state index >= 15 is 0 Å². The van der Waals surface area contributed by atoms with E-state index in [-0.39, 0.29) is 5.91 Å². The van der Waals surface area contributed by atoms with Crippen molar-refractivity contribution in [1.29, 1.82) is 0 Å². The number of ether oxygens (including phenoxy) is 2. The number of anilines is 1. The van der Waals surface area contributed by atoms with E-state index in [1.54, 1.807) is 6.07 Å². The molecular weight excluding hydrogens is 400 g/mol. The van der Waals surface area contributed by atoms with E-state index in [9.17, 15) is 4.79 Å². The van der Waals surface area contributed by atoms with Crippen molar-refractivity contribution in [2.24, 2.45) is 0 Å². The van der Waals surface area contributed by atoms with Gasteiger partial charge in [-0.25, -0.2) is 0 Å². The van der Waals surface area contributed by atoms with Crippen LogP contribution in [0.3, 0.4) is 0 Å². The summed E-state index contributed by atoms with van der Waals surface area (Å²) >= 11 is 0. The van der Waals surface area contributed by atoms with Crippen molar-refractivity contribution in [3.63, 3.8) is 0 Å². The summed E-state index contributed by atoms with van der Waals surface area (Å²) in [4.78, 5) is 15.4. The summed E-state index contributed by atoms with van der Waals surface area (Å²) in [7, 11) is 0. The summed E-state index contributed by atoms with van der Waals surface area (Å²) in [5, 5.41) is 2.93. The molecule has 1 saturated heterocycles. The Kier molecular flexibility index (Phi) is 7.77. The van der Waals surface area contributed by atoms with Crippen LogP contribution in [0.15, 0.2) is 78.9 Å². The minimum Gasteiger partial charge on any atom is -0.493 e. The van der Waals surface area contributed by atoms with Gasteiger partial charge in [0.1, 0.15) is 18.1 Å². The molecule has 1 aliphatic rings. The van der Waals surface area contributed by atoms with Crippen LogP contribution in [0.4, 0.5) is 5.69 Å². The van der Waals surface area contributed by atoms with Gasteiger partial charge < -0.3 is 19.7 Å². The van der Waals surface area contributed by atoms with Crippen LogP contribution in [0.2, 0.25) is 0 Å². The van der Waals surface area contributed by atoms with Crippen molar-refractivity contribution in [3.05, 3.63) is 90.0 Å². The number of amides is 1. The van der Waals surface area contributed by atoms with E-state index in [0.717, 1.165) is 24.2 Å². The summed E-state index contributed by atoms with van der Waals surface area (Å²) in [6.45, 7) is 4.48. The van der Waals surface area contributed by atoms with Crippen molar-refractivity contribution in [1.82, 2.24) is 4.90 Å². The van der Waals surface area contributed by atoms with Crippen LogP contribution in [0.25, 0.3) is 0 Å². The normalized spacial score (nSPS) is 13.6. The van der Waals surface area contributed by atoms with Crippen LogP contribution in [-0.2, 0) is 6.61 Å². The van der Waals surface area contributed by atoms with Crippen molar-refractivity contribution >= 4 is 11.6 Å². The molecule has 0 bridgehead atoms. The molecule has 0 saturated carbocycles. The molecule has 0 spiro atoms. The number of hydrogen-bond acceptors (Lipinski definition) is 4. The fourth-order valence-electron chi connectivity index (χ4n) is 3.84. The molecule has 0 aliphatic carbocycles. The number of carbonyl (C=O) groups is 1. The Morgan fingerprint density at radius 3 is 2.34 bits per heavy atom. The van der Waals surface area contributed by atoms with E-state index in [1.165, 1.54) is 25.9 Å². The smallest absolute Gasteiger partial charge is 0.259 e. The lowest BCUT2D eigenvalue weighted by Crippen LogP contribution is -2.21. The first-order valence-electron chi connectivity index (χ1n) is 11.3. The van der Waals surface area contributed by atoms with Crippen LogP contribution >= 0.6 is 0 Å². The lowest BCUT2D eigenvalue weighted by Gasteiger charge is -2.16. The summed E-state index contributed by atoms with van der Waals surface area (Å²) < 4.78 is 12.0. The average molecular weight is 431 g/mol. The molecule has 0 unspecified atom stereocenters.